The van der Waals surface area contributed by atoms with Gasteiger partial charge in [-0.15, -0.1) is 0 Å². The van der Waals surface area contributed by atoms with Crippen LogP contribution >= 0.6 is 0 Å². The first-order valence-electron chi connectivity index (χ1n) is 9.53. The van der Waals surface area contributed by atoms with Crippen molar-refractivity contribution in [1.29, 1.82) is 0 Å². The Morgan fingerprint density at radius 2 is 1.82 bits per heavy atom. The minimum absolute atomic E-state index is 0.0801. The van der Waals surface area contributed by atoms with Crippen LogP contribution in [0.3, 0.4) is 0 Å². The van der Waals surface area contributed by atoms with Gasteiger partial charge in [-0.2, -0.15) is 0 Å². The van der Waals surface area contributed by atoms with Crippen LogP contribution in [0, 0.1) is 12.3 Å². The molecule has 2 nitrogen and oxygen atoms in total. The second-order valence-electron chi connectivity index (χ2n) is 7.44. The van der Waals surface area contributed by atoms with Gasteiger partial charge in [-0.25, -0.2) is 0 Å². The van der Waals surface area contributed by atoms with Gasteiger partial charge in [0.1, 0.15) is 0 Å². The zero-order valence-corrected chi connectivity index (χ0v) is 15.4. The van der Waals surface area contributed by atoms with Crippen molar-refractivity contribution in [3.8, 4) is 0 Å². The molecule has 4 fully saturated rings. The van der Waals surface area contributed by atoms with Crippen LogP contribution in [0.1, 0.15) is 55.1 Å². The molecule has 0 amide bonds. The van der Waals surface area contributed by atoms with E-state index in [1.807, 2.05) is 19.1 Å². The molecular formula is C18H24O2SSe. The zero-order chi connectivity index (χ0) is 18.1. The molecule has 1 heterocycles. The van der Waals surface area contributed by atoms with Crippen molar-refractivity contribution in [3.05, 3.63) is 29.8 Å². The van der Waals surface area contributed by atoms with Crippen LogP contribution in [0.15, 0.2) is 29.2 Å². The molecule has 5 rings (SSSR count). The maximum atomic E-state index is 13.1. The van der Waals surface area contributed by atoms with E-state index >= 15 is 0 Å². The van der Waals surface area contributed by atoms with E-state index in [4.69, 9.17) is 4.11 Å². The number of benzene rings is 1. The maximum absolute atomic E-state index is 13.1. The number of aryl methyl sites for hydroxylation is 1. The van der Waals surface area contributed by atoms with Gasteiger partial charge in [0, 0.05) is 0 Å². The minimum atomic E-state index is -3.38. The van der Waals surface area contributed by atoms with Gasteiger partial charge in [0.05, 0.1) is 0 Å². The van der Waals surface area contributed by atoms with E-state index in [1.54, 1.807) is 12.1 Å². The van der Waals surface area contributed by atoms with Crippen LogP contribution in [0.2, 0.25) is 9.63 Å². The molecular weight excluding hydrogens is 359 g/mol. The van der Waals surface area contributed by atoms with Gasteiger partial charge in [-0.3, -0.25) is 0 Å². The standard InChI is InChI=1S/C18H24O2SSe/c1-14-5-7-15(8-6-14)21(19,20)18-11-17(12-18,13-18)16(2)9-3-4-10-22-16/h5-8H,3-4,9-13H2,1-2H3/i2D3. The first kappa shape index (κ1) is 12.1. The van der Waals surface area contributed by atoms with E-state index in [0.717, 1.165) is 30.1 Å². The zero-order valence-electron chi connectivity index (χ0n) is 15.9. The molecule has 1 unspecified atom stereocenters. The fourth-order valence-electron chi connectivity index (χ4n) is 4.59. The van der Waals surface area contributed by atoms with Crippen LogP contribution in [0.25, 0.3) is 0 Å². The molecule has 0 radical (unpaired) electrons. The van der Waals surface area contributed by atoms with E-state index in [0.29, 0.717) is 24.2 Å². The average molecular weight is 386 g/mol. The first-order valence-corrected chi connectivity index (χ1v) is 11.6. The normalized spacial score (nSPS) is 43.2. The molecule has 1 aliphatic heterocycles. The summed E-state index contributed by atoms with van der Waals surface area (Å²) in [5, 5.41) is 1.02. The summed E-state index contributed by atoms with van der Waals surface area (Å²) in [7, 11) is -3.38. The Kier molecular flexibility index (Phi) is 2.54. The summed E-state index contributed by atoms with van der Waals surface area (Å²) in [6.45, 7) is -0.0225. The van der Waals surface area contributed by atoms with E-state index in [2.05, 4.69) is 0 Å². The van der Waals surface area contributed by atoms with Crippen LogP contribution in [0.5, 0.6) is 0 Å². The molecule has 120 valence electrons. The summed E-state index contributed by atoms with van der Waals surface area (Å²) in [6, 6.07) is 7.06. The van der Waals surface area contributed by atoms with Crippen LogP contribution in [0.4, 0.5) is 0 Å². The molecule has 22 heavy (non-hydrogen) atoms. The molecule has 3 aliphatic carbocycles. The topological polar surface area (TPSA) is 34.1 Å². The second kappa shape index (κ2) is 4.61. The van der Waals surface area contributed by atoms with Crippen molar-refractivity contribution in [2.24, 2.45) is 5.41 Å². The molecule has 4 aliphatic rings. The van der Waals surface area contributed by atoms with Gasteiger partial charge in [0.15, 0.2) is 0 Å². The summed E-state index contributed by atoms with van der Waals surface area (Å²) in [6.07, 6.45) is 4.51. The molecule has 1 atom stereocenters. The Morgan fingerprint density at radius 1 is 1.14 bits per heavy atom. The predicted octanol–water partition coefficient (Wildman–Crippen LogP) is 4.18. The summed E-state index contributed by atoms with van der Waals surface area (Å²) < 4.78 is 49.6. The summed E-state index contributed by atoms with van der Waals surface area (Å²) in [4.78, 5) is 0.392. The monoisotopic (exact) mass is 387 g/mol. The molecule has 1 aromatic rings. The van der Waals surface area contributed by atoms with Gasteiger partial charge in [0.25, 0.3) is 0 Å². The third kappa shape index (κ3) is 1.81. The molecule has 3 saturated carbocycles. The van der Waals surface area contributed by atoms with E-state index in [-0.39, 0.29) is 20.4 Å². The Balaban J connectivity index is 1.62. The molecule has 1 saturated heterocycles. The summed E-state index contributed by atoms with van der Waals surface area (Å²) in [5.74, 6) is 0. The predicted molar refractivity (Wildman–Crippen MR) is 90.2 cm³/mol. The number of rotatable bonds is 3. The number of hydrogen-bond donors (Lipinski definition) is 0. The Morgan fingerprint density at radius 3 is 2.36 bits per heavy atom. The number of hydrogen-bond acceptors (Lipinski definition) is 2. The van der Waals surface area contributed by atoms with E-state index in [9.17, 15) is 8.42 Å². The molecule has 2 bridgehead atoms. The molecule has 0 N–H and O–H groups in total. The van der Waals surface area contributed by atoms with Crippen LogP contribution in [-0.4, -0.2) is 28.1 Å². The Hall–Kier alpha value is -0.311. The fraction of sp³-hybridized carbons (Fsp3) is 0.667. The van der Waals surface area contributed by atoms with Crippen LogP contribution < -0.4 is 0 Å². The molecule has 0 aromatic heterocycles. The van der Waals surface area contributed by atoms with Crippen molar-refractivity contribution in [3.63, 3.8) is 0 Å². The van der Waals surface area contributed by atoms with Gasteiger partial charge in [-0.1, -0.05) is 0 Å². The van der Waals surface area contributed by atoms with Gasteiger partial charge < -0.3 is 0 Å². The Labute approximate surface area is 144 Å². The number of sulfone groups is 1. The average Bonchev–Trinajstić information content (AvgIpc) is 2.44. The first-order chi connectivity index (χ1) is 11.6. The quantitative estimate of drug-likeness (QED) is 0.731. The molecule has 4 heteroatoms. The van der Waals surface area contributed by atoms with Crippen molar-refractivity contribution in [2.75, 3.05) is 0 Å². The van der Waals surface area contributed by atoms with Crippen molar-refractivity contribution in [2.45, 2.75) is 71.6 Å². The molecule has 0 spiro atoms. The van der Waals surface area contributed by atoms with Gasteiger partial charge in [0.2, 0.25) is 0 Å². The fourth-order valence-corrected chi connectivity index (χ4v) is 10.1. The van der Waals surface area contributed by atoms with Crippen molar-refractivity contribution < 1.29 is 12.5 Å². The second-order valence-corrected chi connectivity index (χ2v) is 12.7. The van der Waals surface area contributed by atoms with Crippen LogP contribution in [-0.2, 0) is 9.84 Å². The van der Waals surface area contributed by atoms with Crippen molar-refractivity contribution in [1.82, 2.24) is 0 Å². The summed E-state index contributed by atoms with van der Waals surface area (Å²) >= 11 is 0.0801. The molecule has 1 aromatic carbocycles. The van der Waals surface area contributed by atoms with E-state index in [1.165, 1.54) is 0 Å². The SMILES string of the molecule is [2H]C([2H])([2H])C1(C23CC(S(=O)(=O)c4ccc(C)cc4)(C2)C3)CCCC[Se]1. The van der Waals surface area contributed by atoms with E-state index < -0.39 is 25.7 Å². The van der Waals surface area contributed by atoms with Gasteiger partial charge in [-0.05, 0) is 0 Å². The summed E-state index contributed by atoms with van der Waals surface area (Å²) in [5.41, 5.74) is 0.787. The third-order valence-electron chi connectivity index (χ3n) is 6.01. The van der Waals surface area contributed by atoms with Gasteiger partial charge >= 0.3 is 144 Å². The third-order valence-corrected chi connectivity index (χ3v) is 11.9. The van der Waals surface area contributed by atoms with Crippen molar-refractivity contribution >= 4 is 24.8 Å². The Bertz CT molecular complexity index is 773.